The van der Waals surface area contributed by atoms with Gasteiger partial charge in [0.1, 0.15) is 5.75 Å². The fourth-order valence-corrected chi connectivity index (χ4v) is 3.25. The number of hydrogen-bond donors (Lipinski definition) is 0. The van der Waals surface area contributed by atoms with Crippen LogP contribution < -0.4 is 4.74 Å². The molecule has 2 aromatic carbocycles. The molecule has 0 aliphatic carbocycles. The molecular weight excluding hydrogens is 398 g/mol. The SMILES string of the molecule is O=Cc1cc(OCC(=O)N2CCN(Cc3ccc(Cl)cc3)CC2)ccc1[N+](=O)[O-]. The molecule has 3 rings (SSSR count). The first-order valence-electron chi connectivity index (χ1n) is 9.07. The molecule has 1 aliphatic heterocycles. The van der Waals surface area contributed by atoms with Gasteiger partial charge in [-0.05, 0) is 29.8 Å². The van der Waals surface area contributed by atoms with Crippen molar-refractivity contribution in [2.75, 3.05) is 32.8 Å². The normalized spacial score (nSPS) is 14.4. The minimum absolute atomic E-state index is 0.0873. The Labute approximate surface area is 172 Å². The Hall–Kier alpha value is -2.97. The molecule has 0 atom stereocenters. The lowest BCUT2D eigenvalue weighted by molar-refractivity contribution is -0.385. The molecule has 152 valence electrons. The van der Waals surface area contributed by atoms with E-state index in [4.69, 9.17) is 16.3 Å². The fourth-order valence-electron chi connectivity index (χ4n) is 3.12. The summed E-state index contributed by atoms with van der Waals surface area (Å²) >= 11 is 5.90. The molecule has 0 radical (unpaired) electrons. The van der Waals surface area contributed by atoms with Crippen LogP contribution in [0, 0.1) is 10.1 Å². The third-order valence-corrected chi connectivity index (χ3v) is 4.98. The predicted octanol–water partition coefficient (Wildman–Crippen LogP) is 2.78. The third kappa shape index (κ3) is 5.52. The maximum absolute atomic E-state index is 12.4. The number of rotatable bonds is 7. The van der Waals surface area contributed by atoms with Crippen LogP contribution in [0.2, 0.25) is 5.02 Å². The van der Waals surface area contributed by atoms with E-state index < -0.39 is 4.92 Å². The van der Waals surface area contributed by atoms with Crippen molar-refractivity contribution in [1.82, 2.24) is 9.80 Å². The summed E-state index contributed by atoms with van der Waals surface area (Å²) in [7, 11) is 0. The molecule has 0 aromatic heterocycles. The number of benzene rings is 2. The van der Waals surface area contributed by atoms with E-state index in [2.05, 4.69) is 4.90 Å². The first kappa shape index (κ1) is 20.8. The molecule has 1 aliphatic rings. The summed E-state index contributed by atoms with van der Waals surface area (Å²) in [4.78, 5) is 37.6. The van der Waals surface area contributed by atoms with Crippen molar-refractivity contribution in [2.45, 2.75) is 6.54 Å². The number of ether oxygens (including phenoxy) is 1. The minimum atomic E-state index is -0.637. The zero-order valence-corrected chi connectivity index (χ0v) is 16.4. The predicted molar refractivity (Wildman–Crippen MR) is 107 cm³/mol. The molecule has 0 unspecified atom stereocenters. The monoisotopic (exact) mass is 417 g/mol. The van der Waals surface area contributed by atoms with Crippen LogP contribution in [0.4, 0.5) is 5.69 Å². The Kier molecular flexibility index (Phi) is 6.79. The molecule has 0 saturated carbocycles. The first-order chi connectivity index (χ1) is 14.0. The molecule has 1 amide bonds. The van der Waals surface area contributed by atoms with Gasteiger partial charge in [-0.3, -0.25) is 24.6 Å². The van der Waals surface area contributed by atoms with E-state index in [9.17, 15) is 19.7 Å². The van der Waals surface area contributed by atoms with Crippen LogP contribution in [0.1, 0.15) is 15.9 Å². The lowest BCUT2D eigenvalue weighted by atomic mass is 10.2. The van der Waals surface area contributed by atoms with Gasteiger partial charge in [0.05, 0.1) is 10.5 Å². The largest absolute Gasteiger partial charge is 0.484 e. The number of nitro groups is 1. The van der Waals surface area contributed by atoms with Gasteiger partial charge in [0, 0.05) is 43.8 Å². The van der Waals surface area contributed by atoms with Crippen molar-refractivity contribution >= 4 is 29.5 Å². The summed E-state index contributed by atoms with van der Waals surface area (Å²) in [6.45, 7) is 3.30. The molecule has 0 spiro atoms. The Bertz CT molecular complexity index is 895. The highest BCUT2D eigenvalue weighted by atomic mass is 35.5. The summed E-state index contributed by atoms with van der Waals surface area (Å²) in [6, 6.07) is 11.5. The number of hydrogen-bond acceptors (Lipinski definition) is 6. The van der Waals surface area contributed by atoms with E-state index in [1.807, 2.05) is 24.3 Å². The molecular formula is C20H20ClN3O5. The average molecular weight is 418 g/mol. The Balaban J connectivity index is 1.48. The maximum atomic E-state index is 12.4. The maximum Gasteiger partial charge on any atom is 0.280 e. The van der Waals surface area contributed by atoms with Gasteiger partial charge < -0.3 is 9.64 Å². The van der Waals surface area contributed by atoms with Crippen molar-refractivity contribution in [1.29, 1.82) is 0 Å². The van der Waals surface area contributed by atoms with Gasteiger partial charge in [-0.25, -0.2) is 0 Å². The molecule has 0 bridgehead atoms. The molecule has 0 N–H and O–H groups in total. The van der Waals surface area contributed by atoms with Crippen LogP contribution in [-0.4, -0.2) is 59.7 Å². The van der Waals surface area contributed by atoms with E-state index in [1.54, 1.807) is 4.90 Å². The van der Waals surface area contributed by atoms with Crippen molar-refractivity contribution in [3.63, 3.8) is 0 Å². The smallest absolute Gasteiger partial charge is 0.280 e. The van der Waals surface area contributed by atoms with Crippen LogP contribution in [0.3, 0.4) is 0 Å². The van der Waals surface area contributed by atoms with Crippen LogP contribution >= 0.6 is 11.6 Å². The van der Waals surface area contributed by atoms with Crippen molar-refractivity contribution in [2.24, 2.45) is 0 Å². The number of carbonyl (C=O) groups is 2. The topological polar surface area (TPSA) is 93.0 Å². The molecule has 2 aromatic rings. The van der Waals surface area contributed by atoms with Crippen molar-refractivity contribution in [3.05, 3.63) is 68.7 Å². The Morgan fingerprint density at radius 2 is 1.83 bits per heavy atom. The molecule has 29 heavy (non-hydrogen) atoms. The zero-order valence-electron chi connectivity index (χ0n) is 15.6. The van der Waals surface area contributed by atoms with E-state index in [0.29, 0.717) is 24.4 Å². The van der Waals surface area contributed by atoms with Crippen LogP contribution in [-0.2, 0) is 11.3 Å². The average Bonchev–Trinajstić information content (AvgIpc) is 2.73. The van der Waals surface area contributed by atoms with Crippen LogP contribution in [0.5, 0.6) is 5.75 Å². The van der Waals surface area contributed by atoms with E-state index >= 15 is 0 Å². The number of carbonyl (C=O) groups excluding carboxylic acids is 2. The number of halogens is 1. The second-order valence-electron chi connectivity index (χ2n) is 6.67. The highest BCUT2D eigenvalue weighted by molar-refractivity contribution is 6.30. The van der Waals surface area contributed by atoms with Gasteiger partial charge in [0.25, 0.3) is 11.6 Å². The number of nitrogens with zero attached hydrogens (tertiary/aromatic N) is 3. The second kappa shape index (κ2) is 9.49. The quantitative estimate of drug-likeness (QED) is 0.390. The minimum Gasteiger partial charge on any atom is -0.484 e. The van der Waals surface area contributed by atoms with Gasteiger partial charge in [0.2, 0.25) is 0 Å². The summed E-state index contributed by atoms with van der Waals surface area (Å²) in [6.07, 6.45) is 0.396. The van der Waals surface area contributed by atoms with E-state index in [1.165, 1.54) is 23.8 Å². The van der Waals surface area contributed by atoms with E-state index in [0.717, 1.165) is 19.6 Å². The van der Waals surface area contributed by atoms with Gasteiger partial charge in [0.15, 0.2) is 12.9 Å². The van der Waals surface area contributed by atoms with Gasteiger partial charge >= 0.3 is 0 Å². The lowest BCUT2D eigenvalue weighted by Gasteiger charge is -2.34. The van der Waals surface area contributed by atoms with Gasteiger partial charge in [-0.2, -0.15) is 0 Å². The Morgan fingerprint density at radius 3 is 2.45 bits per heavy atom. The fraction of sp³-hybridized carbons (Fsp3) is 0.300. The summed E-state index contributed by atoms with van der Waals surface area (Å²) in [5.74, 6) is 0.0783. The zero-order chi connectivity index (χ0) is 20.8. The summed E-state index contributed by atoms with van der Waals surface area (Å²) < 4.78 is 5.43. The molecule has 1 heterocycles. The van der Waals surface area contributed by atoms with E-state index in [-0.39, 0.29) is 29.5 Å². The van der Waals surface area contributed by atoms with Gasteiger partial charge in [-0.15, -0.1) is 0 Å². The number of piperazine rings is 1. The molecule has 1 fully saturated rings. The molecule has 9 heteroatoms. The second-order valence-corrected chi connectivity index (χ2v) is 7.10. The van der Waals surface area contributed by atoms with Crippen molar-refractivity contribution < 1.29 is 19.2 Å². The number of nitro benzene ring substituents is 1. The highest BCUT2D eigenvalue weighted by Gasteiger charge is 2.22. The summed E-state index contributed by atoms with van der Waals surface area (Å²) in [5, 5.41) is 11.6. The number of aldehydes is 1. The van der Waals surface area contributed by atoms with Crippen LogP contribution in [0.25, 0.3) is 0 Å². The number of amides is 1. The van der Waals surface area contributed by atoms with Crippen LogP contribution in [0.15, 0.2) is 42.5 Å². The summed E-state index contributed by atoms with van der Waals surface area (Å²) in [5.41, 5.74) is 0.785. The van der Waals surface area contributed by atoms with Gasteiger partial charge in [-0.1, -0.05) is 23.7 Å². The highest BCUT2D eigenvalue weighted by Crippen LogP contribution is 2.22. The Morgan fingerprint density at radius 1 is 1.14 bits per heavy atom. The lowest BCUT2D eigenvalue weighted by Crippen LogP contribution is -2.49. The van der Waals surface area contributed by atoms with Crippen molar-refractivity contribution in [3.8, 4) is 5.75 Å². The molecule has 8 nitrogen and oxygen atoms in total. The molecule has 1 saturated heterocycles. The third-order valence-electron chi connectivity index (χ3n) is 4.73. The first-order valence-corrected chi connectivity index (χ1v) is 9.45. The standard InChI is InChI=1S/C20H20ClN3O5/c21-17-3-1-15(2-4-17)12-22-7-9-23(10-8-22)20(26)14-29-18-5-6-19(24(27)28)16(11-18)13-25/h1-6,11,13H,7-10,12,14H2.